The van der Waals surface area contributed by atoms with Gasteiger partial charge in [-0.3, -0.25) is 4.79 Å². The molecule has 0 saturated carbocycles. The summed E-state index contributed by atoms with van der Waals surface area (Å²) in [4.78, 5) is 21.9. The molecule has 0 spiro atoms. The van der Waals surface area contributed by atoms with Crippen LogP contribution in [0.4, 0.5) is 0 Å². The molecule has 4 aromatic rings. The predicted molar refractivity (Wildman–Crippen MR) is 115 cm³/mol. The lowest BCUT2D eigenvalue weighted by molar-refractivity contribution is 0.103. The van der Waals surface area contributed by atoms with E-state index in [2.05, 4.69) is 15.1 Å². The van der Waals surface area contributed by atoms with Crippen LogP contribution in [0.25, 0.3) is 16.3 Å². The zero-order valence-corrected chi connectivity index (χ0v) is 17.6. The zero-order chi connectivity index (χ0) is 21.1. The Morgan fingerprint density at radius 3 is 2.67 bits per heavy atom. The minimum absolute atomic E-state index is 0.137. The Morgan fingerprint density at radius 2 is 2.03 bits per heavy atom. The van der Waals surface area contributed by atoms with Gasteiger partial charge in [-0.2, -0.15) is 5.10 Å². The molecule has 0 N–H and O–H groups in total. The summed E-state index contributed by atoms with van der Waals surface area (Å²) in [6, 6.07) is 9.17. The fraction of sp³-hybridized carbons (Fsp3) is 0.182. The maximum absolute atomic E-state index is 13.5. The molecule has 30 heavy (non-hydrogen) atoms. The zero-order valence-electron chi connectivity index (χ0n) is 16.8. The van der Waals surface area contributed by atoms with E-state index in [1.165, 1.54) is 17.7 Å². The van der Waals surface area contributed by atoms with Crippen molar-refractivity contribution >= 4 is 17.1 Å². The lowest BCUT2D eigenvalue weighted by atomic mass is 9.97. The Labute approximate surface area is 178 Å². The van der Waals surface area contributed by atoms with Crippen LogP contribution in [0.15, 0.2) is 54.6 Å². The smallest absolute Gasteiger partial charge is 0.195 e. The van der Waals surface area contributed by atoms with Gasteiger partial charge < -0.3 is 9.47 Å². The highest BCUT2D eigenvalue weighted by Gasteiger charge is 2.21. The van der Waals surface area contributed by atoms with Gasteiger partial charge in [0, 0.05) is 28.3 Å². The number of aryl methyl sites for hydroxylation is 1. The third kappa shape index (κ3) is 3.57. The summed E-state index contributed by atoms with van der Waals surface area (Å²) in [6.07, 6.45) is 5.48. The first-order valence-corrected chi connectivity index (χ1v) is 10.2. The van der Waals surface area contributed by atoms with Gasteiger partial charge in [-0.25, -0.2) is 14.6 Å². The molecular weight excluding hydrogens is 400 g/mol. The van der Waals surface area contributed by atoms with Crippen LogP contribution in [0.5, 0.6) is 11.5 Å². The second kappa shape index (κ2) is 8.46. The van der Waals surface area contributed by atoms with Crippen LogP contribution in [-0.4, -0.2) is 39.8 Å². The van der Waals surface area contributed by atoms with Crippen LogP contribution in [0.3, 0.4) is 0 Å². The number of aromatic nitrogens is 4. The molecule has 8 heteroatoms. The molecule has 0 aliphatic carbocycles. The SMILES string of the molecule is CCc1cc(C(=O)c2ccc(-c3nccs3)cc2-n2cncn2)cc(OC)c1OC. The van der Waals surface area contributed by atoms with Gasteiger partial charge in [0.05, 0.1) is 19.9 Å². The minimum atomic E-state index is -0.137. The van der Waals surface area contributed by atoms with Crippen LogP contribution < -0.4 is 9.47 Å². The van der Waals surface area contributed by atoms with Crippen molar-refractivity contribution in [1.29, 1.82) is 0 Å². The molecule has 2 aromatic carbocycles. The number of carbonyl (C=O) groups is 1. The highest BCUT2D eigenvalue weighted by Crippen LogP contribution is 2.35. The van der Waals surface area contributed by atoms with Crippen molar-refractivity contribution in [3.63, 3.8) is 0 Å². The topological polar surface area (TPSA) is 79.1 Å². The number of rotatable bonds is 7. The average Bonchev–Trinajstić information content (AvgIpc) is 3.51. The molecule has 2 heterocycles. The number of carbonyl (C=O) groups excluding carboxylic acids is 1. The fourth-order valence-electron chi connectivity index (χ4n) is 3.34. The third-order valence-corrected chi connectivity index (χ3v) is 5.61. The largest absolute Gasteiger partial charge is 0.493 e. The van der Waals surface area contributed by atoms with Crippen LogP contribution in [-0.2, 0) is 6.42 Å². The maximum atomic E-state index is 13.5. The molecular formula is C22H20N4O3S. The summed E-state index contributed by atoms with van der Waals surface area (Å²) in [5.74, 6) is 1.04. The number of nitrogens with zero attached hydrogens (tertiary/aromatic N) is 4. The Kier molecular flexibility index (Phi) is 5.58. The molecule has 0 amide bonds. The third-order valence-electron chi connectivity index (χ3n) is 4.79. The molecule has 0 unspecified atom stereocenters. The van der Waals surface area contributed by atoms with E-state index >= 15 is 0 Å². The van der Waals surface area contributed by atoms with E-state index < -0.39 is 0 Å². The van der Waals surface area contributed by atoms with Crippen molar-refractivity contribution < 1.29 is 14.3 Å². The molecule has 0 aliphatic rings. The van der Waals surface area contributed by atoms with E-state index in [1.54, 1.807) is 43.6 Å². The Hall–Kier alpha value is -3.52. The second-order valence-electron chi connectivity index (χ2n) is 6.46. The van der Waals surface area contributed by atoms with E-state index in [1.807, 2.05) is 30.5 Å². The van der Waals surface area contributed by atoms with Crippen molar-refractivity contribution in [3.8, 4) is 27.8 Å². The van der Waals surface area contributed by atoms with Crippen LogP contribution in [0.2, 0.25) is 0 Å². The normalized spacial score (nSPS) is 10.8. The Morgan fingerprint density at radius 1 is 1.17 bits per heavy atom. The number of ketones is 1. The van der Waals surface area contributed by atoms with Gasteiger partial charge >= 0.3 is 0 Å². The summed E-state index contributed by atoms with van der Waals surface area (Å²) in [6.45, 7) is 2.01. The average molecular weight is 420 g/mol. The van der Waals surface area contributed by atoms with Gasteiger partial charge in [0.1, 0.15) is 17.7 Å². The first-order chi connectivity index (χ1) is 14.7. The van der Waals surface area contributed by atoms with Gasteiger partial charge in [0.15, 0.2) is 17.3 Å². The molecule has 0 aliphatic heterocycles. The summed E-state index contributed by atoms with van der Waals surface area (Å²) < 4.78 is 12.5. The molecule has 2 aromatic heterocycles. The highest BCUT2D eigenvalue weighted by atomic mass is 32.1. The van der Waals surface area contributed by atoms with Crippen molar-refractivity contribution in [2.75, 3.05) is 14.2 Å². The number of thiazole rings is 1. The monoisotopic (exact) mass is 420 g/mol. The predicted octanol–water partition coefficient (Wildman–Crippen LogP) is 4.20. The summed E-state index contributed by atoms with van der Waals surface area (Å²) in [5, 5.41) is 7.02. The number of hydrogen-bond acceptors (Lipinski definition) is 7. The Balaban J connectivity index is 1.85. The first-order valence-electron chi connectivity index (χ1n) is 9.34. The molecule has 0 atom stereocenters. The molecule has 0 saturated heterocycles. The van der Waals surface area contributed by atoms with Crippen LogP contribution in [0, 0.1) is 0 Å². The van der Waals surface area contributed by atoms with Crippen molar-refractivity contribution in [3.05, 3.63) is 71.3 Å². The first kappa shape index (κ1) is 19.8. The number of hydrogen-bond donors (Lipinski definition) is 0. The number of methoxy groups -OCH3 is 2. The number of benzene rings is 2. The van der Waals surface area contributed by atoms with Gasteiger partial charge in [-0.1, -0.05) is 13.0 Å². The second-order valence-corrected chi connectivity index (χ2v) is 7.36. The fourth-order valence-corrected chi connectivity index (χ4v) is 3.97. The van der Waals surface area contributed by atoms with Crippen LogP contribution in [0.1, 0.15) is 28.4 Å². The molecule has 0 fully saturated rings. The van der Waals surface area contributed by atoms with Crippen LogP contribution >= 0.6 is 11.3 Å². The van der Waals surface area contributed by atoms with Gasteiger partial charge in [0.2, 0.25) is 0 Å². The molecule has 7 nitrogen and oxygen atoms in total. The quantitative estimate of drug-likeness (QED) is 0.417. The van der Waals surface area contributed by atoms with Gasteiger partial charge in [0.25, 0.3) is 0 Å². The maximum Gasteiger partial charge on any atom is 0.195 e. The summed E-state index contributed by atoms with van der Waals surface area (Å²) >= 11 is 1.53. The standard InChI is InChI=1S/C22H20N4O3S/c1-4-14-9-16(11-19(28-2)21(14)29-3)20(27)17-6-5-15(22-24-7-8-30-22)10-18(17)26-13-23-12-25-26/h5-13H,4H2,1-3H3. The van der Waals surface area contributed by atoms with E-state index in [-0.39, 0.29) is 5.78 Å². The molecule has 0 radical (unpaired) electrons. The van der Waals surface area contributed by atoms with Crippen molar-refractivity contribution in [2.24, 2.45) is 0 Å². The van der Waals surface area contributed by atoms with E-state index in [4.69, 9.17) is 9.47 Å². The van der Waals surface area contributed by atoms with Gasteiger partial charge in [-0.15, -0.1) is 11.3 Å². The summed E-state index contributed by atoms with van der Waals surface area (Å²) in [5.41, 5.74) is 3.48. The lowest BCUT2D eigenvalue weighted by Gasteiger charge is -2.15. The van der Waals surface area contributed by atoms with E-state index in [0.717, 1.165) is 16.1 Å². The van der Waals surface area contributed by atoms with Gasteiger partial charge in [-0.05, 0) is 36.2 Å². The van der Waals surface area contributed by atoms with E-state index in [9.17, 15) is 4.79 Å². The lowest BCUT2D eigenvalue weighted by Crippen LogP contribution is -2.10. The summed E-state index contributed by atoms with van der Waals surface area (Å²) in [7, 11) is 3.16. The number of ether oxygens (including phenoxy) is 2. The van der Waals surface area contributed by atoms with Crippen molar-refractivity contribution in [2.45, 2.75) is 13.3 Å². The van der Waals surface area contributed by atoms with Crippen molar-refractivity contribution in [1.82, 2.24) is 19.7 Å². The Bertz CT molecular complexity index is 1150. The molecule has 4 rings (SSSR count). The van der Waals surface area contributed by atoms with E-state index in [0.29, 0.717) is 34.7 Å². The molecule has 0 bridgehead atoms. The minimum Gasteiger partial charge on any atom is -0.493 e. The molecule has 152 valence electrons. The highest BCUT2D eigenvalue weighted by molar-refractivity contribution is 7.13.